The number of allylic oxidation sites excluding steroid dienone is 2. The topological polar surface area (TPSA) is 136 Å². The summed E-state index contributed by atoms with van der Waals surface area (Å²) in [5.41, 5.74) is 2.49. The highest BCUT2D eigenvalue weighted by molar-refractivity contribution is 7.23. The average molecular weight is 673 g/mol. The van der Waals surface area contributed by atoms with Gasteiger partial charge in [0, 0.05) is 42.5 Å². The van der Waals surface area contributed by atoms with E-state index < -0.39 is 17.8 Å². The fourth-order valence-electron chi connectivity index (χ4n) is 7.90. The molecular weight excluding hydrogens is 633 g/mol. The number of rotatable bonds is 8. The Bertz CT molecular complexity index is 1820. The van der Waals surface area contributed by atoms with Crippen LogP contribution in [0.25, 0.3) is 27.7 Å². The van der Waals surface area contributed by atoms with E-state index in [1.807, 2.05) is 4.90 Å². The summed E-state index contributed by atoms with van der Waals surface area (Å²) in [6, 6.07) is 2.85. The molecular formula is C34H39BFN6O5P. The van der Waals surface area contributed by atoms with Crippen molar-refractivity contribution >= 4 is 39.4 Å². The summed E-state index contributed by atoms with van der Waals surface area (Å²) in [5.74, 6) is -0.287. The maximum atomic E-state index is 17.0. The predicted molar refractivity (Wildman–Crippen MR) is 184 cm³/mol. The first kappa shape index (κ1) is 33.1. The molecule has 3 aliphatic heterocycles. The van der Waals surface area contributed by atoms with Crippen molar-refractivity contribution < 1.29 is 29.2 Å². The van der Waals surface area contributed by atoms with E-state index in [0.717, 1.165) is 49.7 Å². The zero-order valence-corrected chi connectivity index (χ0v) is 28.0. The zero-order valence-electron chi connectivity index (χ0n) is 26.9. The van der Waals surface area contributed by atoms with E-state index in [1.54, 1.807) is 19.2 Å². The minimum Gasteiger partial charge on any atom is -0.508 e. The normalized spacial score (nSPS) is 21.7. The highest BCUT2D eigenvalue weighted by Gasteiger charge is 2.45. The Hall–Kier alpha value is -3.37. The highest BCUT2D eigenvalue weighted by Crippen LogP contribution is 2.44. The lowest BCUT2D eigenvalue weighted by Crippen LogP contribution is -2.57. The summed E-state index contributed by atoms with van der Waals surface area (Å²) in [5, 5.41) is 34.6. The number of aryl methyl sites for hydroxylation is 1. The first-order chi connectivity index (χ1) is 23.0. The van der Waals surface area contributed by atoms with Gasteiger partial charge in [-0.1, -0.05) is 5.92 Å². The fourth-order valence-corrected chi connectivity index (χ4v) is 8.27. The minimum absolute atomic E-state index is 0.00610. The predicted octanol–water partition coefficient (Wildman–Crippen LogP) is 2.66. The molecule has 2 aromatic heterocycles. The molecule has 3 aromatic rings. The Kier molecular flexibility index (Phi) is 8.86. The lowest BCUT2D eigenvalue weighted by molar-refractivity contribution is -0.295. The monoisotopic (exact) mass is 672 g/mol. The first-order valence-corrected chi connectivity index (χ1v) is 17.0. The van der Waals surface area contributed by atoms with Crippen LogP contribution in [-0.4, -0.2) is 106 Å². The average Bonchev–Trinajstić information content (AvgIpc) is 3.64. The molecule has 1 aliphatic carbocycles. The maximum Gasteiger partial charge on any atom is 0.319 e. The van der Waals surface area contributed by atoms with Gasteiger partial charge in [-0.25, -0.2) is 4.39 Å². The van der Waals surface area contributed by atoms with Gasteiger partial charge in [-0.15, -0.1) is 15.7 Å². The van der Waals surface area contributed by atoms with Crippen molar-refractivity contribution in [3.63, 3.8) is 0 Å². The first-order valence-electron chi connectivity index (χ1n) is 16.4. The zero-order chi connectivity index (χ0) is 33.8. The number of phenolic OH excluding ortho intramolecular Hbond substituents is 1. The Balaban J connectivity index is 1.33. The van der Waals surface area contributed by atoms with Crippen LogP contribution in [0.5, 0.6) is 11.8 Å². The number of aliphatic hydroxyl groups is 2. The molecule has 1 aromatic carbocycles. The van der Waals surface area contributed by atoms with E-state index in [4.69, 9.17) is 28.7 Å². The van der Waals surface area contributed by atoms with Gasteiger partial charge in [-0.05, 0) is 81.5 Å². The highest BCUT2D eigenvalue weighted by atomic mass is 31.0. The molecule has 0 amide bonds. The summed E-state index contributed by atoms with van der Waals surface area (Å²) in [4.78, 5) is 18.5. The minimum atomic E-state index is -2.79. The van der Waals surface area contributed by atoms with Crippen molar-refractivity contribution in [2.45, 2.75) is 69.0 Å². The van der Waals surface area contributed by atoms with Gasteiger partial charge in [0.15, 0.2) is 13.7 Å². The third-order valence-corrected chi connectivity index (χ3v) is 10.8. The number of aromatic hydroxyl groups is 1. The maximum absolute atomic E-state index is 17.0. The number of piperazine rings is 1. The van der Waals surface area contributed by atoms with E-state index in [9.17, 15) is 15.3 Å². The van der Waals surface area contributed by atoms with Gasteiger partial charge >= 0.3 is 6.01 Å². The van der Waals surface area contributed by atoms with Gasteiger partial charge in [-0.3, -0.25) is 9.88 Å². The molecule has 4 aliphatic rings. The second-order valence-corrected chi connectivity index (χ2v) is 14.0. The van der Waals surface area contributed by atoms with Crippen molar-refractivity contribution in [1.82, 2.24) is 25.2 Å². The van der Waals surface area contributed by atoms with Gasteiger partial charge in [-0.2, -0.15) is 9.97 Å². The second-order valence-electron chi connectivity index (χ2n) is 13.3. The Morgan fingerprint density at radius 2 is 2.00 bits per heavy atom. The number of aromatic nitrogens is 3. The lowest BCUT2D eigenvalue weighted by atomic mass is 9.85. The number of hydrogen-bond donors (Lipinski definition) is 4. The molecule has 2 radical (unpaired) electrons. The van der Waals surface area contributed by atoms with E-state index in [-0.39, 0.29) is 34.6 Å². The summed E-state index contributed by atoms with van der Waals surface area (Å²) in [6.45, 7) is 5.49. The number of halogens is 1. The van der Waals surface area contributed by atoms with E-state index in [0.29, 0.717) is 67.0 Å². The summed E-state index contributed by atoms with van der Waals surface area (Å²) >= 11 is 0. The van der Waals surface area contributed by atoms with Gasteiger partial charge < -0.3 is 35.0 Å². The largest absolute Gasteiger partial charge is 0.508 e. The molecule has 3 saturated heterocycles. The third kappa shape index (κ3) is 6.15. The van der Waals surface area contributed by atoms with Gasteiger partial charge in [0.1, 0.15) is 29.4 Å². The van der Waals surface area contributed by atoms with Crippen LogP contribution in [0.15, 0.2) is 23.6 Å². The second kappa shape index (κ2) is 12.8. The molecule has 3 fully saturated rings. The van der Waals surface area contributed by atoms with Crippen molar-refractivity contribution in [1.29, 1.82) is 0 Å². The van der Waals surface area contributed by atoms with Crippen LogP contribution in [0.1, 0.15) is 50.2 Å². The fraction of sp³-hybridized carbons (Fsp3) is 0.500. The van der Waals surface area contributed by atoms with Crippen LogP contribution in [-0.2, 0) is 11.2 Å². The van der Waals surface area contributed by atoms with E-state index in [1.165, 1.54) is 6.07 Å². The molecule has 7 rings (SSSR count). The van der Waals surface area contributed by atoms with Gasteiger partial charge in [0.2, 0.25) is 5.87 Å². The Morgan fingerprint density at radius 3 is 2.73 bits per heavy atom. The standard InChI is InChI=1S/C34H39BFN6O5P/c1-3-22-26(48)7-6-20-14-21(43)15-23(27(20)22)29-28(36)30-24(16-38-29)31(41-13-10-37-25(17-41)19(2)47-34(35,44)45)40-32(39-30)46-18-33-8-4-11-42(33)12-5-9-33/h1,14-16,19,25,37,43-45H,4-13,17-18,48H2,2H3. The molecule has 5 heterocycles. The van der Waals surface area contributed by atoms with Crippen molar-refractivity contribution in [2.24, 2.45) is 0 Å². The molecule has 4 N–H and O–H groups in total. The molecule has 250 valence electrons. The summed E-state index contributed by atoms with van der Waals surface area (Å²) in [6.07, 6.45) is 12.4. The van der Waals surface area contributed by atoms with Crippen LogP contribution in [0.2, 0.25) is 0 Å². The molecule has 0 spiro atoms. The Labute approximate surface area is 282 Å². The number of fused-ring (bicyclic) bond motifs is 3. The quantitative estimate of drug-likeness (QED) is 0.122. The number of terminal acetylenes is 1. The summed E-state index contributed by atoms with van der Waals surface area (Å²) in [7, 11) is 7.98. The van der Waals surface area contributed by atoms with Crippen molar-refractivity contribution in [3.05, 3.63) is 40.6 Å². The number of ether oxygens (including phenoxy) is 2. The summed E-state index contributed by atoms with van der Waals surface area (Å²) < 4.78 is 28.5. The molecule has 11 nitrogen and oxygen atoms in total. The van der Waals surface area contributed by atoms with Crippen LogP contribution >= 0.6 is 9.24 Å². The third-order valence-electron chi connectivity index (χ3n) is 10.2. The molecule has 0 saturated carbocycles. The van der Waals surface area contributed by atoms with Crippen molar-refractivity contribution in [2.75, 3.05) is 44.2 Å². The van der Waals surface area contributed by atoms with Crippen LogP contribution < -0.4 is 15.0 Å². The number of phenols is 1. The van der Waals surface area contributed by atoms with Gasteiger partial charge in [0.25, 0.3) is 0 Å². The lowest BCUT2D eigenvalue weighted by Gasteiger charge is -2.39. The number of anilines is 1. The van der Waals surface area contributed by atoms with Crippen molar-refractivity contribution in [3.8, 4) is 35.4 Å². The van der Waals surface area contributed by atoms with Crippen LogP contribution in [0.3, 0.4) is 0 Å². The molecule has 3 atom stereocenters. The number of nitrogens with zero attached hydrogens (tertiary/aromatic N) is 5. The molecule has 14 heteroatoms. The van der Waals surface area contributed by atoms with Crippen LogP contribution in [0, 0.1) is 18.2 Å². The smallest absolute Gasteiger partial charge is 0.319 e. The van der Waals surface area contributed by atoms with Crippen LogP contribution in [0.4, 0.5) is 10.2 Å². The molecule has 3 unspecified atom stereocenters. The van der Waals surface area contributed by atoms with E-state index in [2.05, 4.69) is 35.3 Å². The number of nitrogens with one attached hydrogen (secondary N) is 1. The number of pyridine rings is 1. The molecule has 0 bridgehead atoms. The SMILES string of the molecule is [B]C(O)(O)OC(C)C1CN(c2nc(OCC34CCCN3CCC4)nc3c(F)c(-c4cc(O)cc5c4C(C#C)=C(P)CC5)ncc23)CCN1. The Morgan fingerprint density at radius 1 is 1.23 bits per heavy atom. The molecule has 48 heavy (non-hydrogen) atoms. The van der Waals surface area contributed by atoms with Gasteiger partial charge in [0.05, 0.1) is 23.1 Å². The number of hydrogen-bond acceptors (Lipinski definition) is 11. The number of benzene rings is 1. The van der Waals surface area contributed by atoms with E-state index >= 15 is 4.39 Å².